The number of benzene rings is 4. The van der Waals surface area contributed by atoms with E-state index in [0.717, 1.165) is 9.79 Å². The lowest BCUT2D eigenvalue weighted by atomic mass is 10.1. The summed E-state index contributed by atoms with van der Waals surface area (Å²) in [5, 5.41) is 4.88. The van der Waals surface area contributed by atoms with Gasteiger partial charge in [-0.3, -0.25) is 0 Å². The molecule has 0 aliphatic carbocycles. The number of fused-ring (bicyclic) bond motifs is 2. The zero-order chi connectivity index (χ0) is 16.5. The van der Waals surface area contributed by atoms with Gasteiger partial charge in [-0.25, -0.2) is 0 Å². The highest BCUT2D eigenvalue weighted by atomic mass is 33.1. The molecule has 0 N–H and O–H groups in total. The van der Waals surface area contributed by atoms with Crippen LogP contribution in [0.1, 0.15) is 0 Å². The number of hydrogen-bond donors (Lipinski definition) is 2. The maximum absolute atomic E-state index is 4.64. The van der Waals surface area contributed by atoms with Crippen LogP contribution in [0, 0.1) is 0 Å². The van der Waals surface area contributed by atoms with E-state index in [4.69, 9.17) is 0 Å². The van der Waals surface area contributed by atoms with E-state index in [1.54, 1.807) is 21.6 Å². The standard InChI is InChI=1S/C20H14S4/c21-15-9-1-5-13-7-3-11-17(19(13)15)23-24-18-12-4-8-14-6-2-10-16(22)20(14)18/h1-12,21-22H. The third kappa shape index (κ3) is 3.04. The van der Waals surface area contributed by atoms with Crippen LogP contribution >= 0.6 is 46.8 Å². The summed E-state index contributed by atoms with van der Waals surface area (Å²) < 4.78 is 0. The number of rotatable bonds is 3. The second-order valence-corrected chi connectivity index (χ2v) is 8.61. The fourth-order valence-electron chi connectivity index (χ4n) is 2.80. The van der Waals surface area contributed by atoms with E-state index in [1.165, 1.54) is 31.3 Å². The van der Waals surface area contributed by atoms with Gasteiger partial charge < -0.3 is 0 Å². The van der Waals surface area contributed by atoms with Crippen molar-refractivity contribution in [2.24, 2.45) is 0 Å². The van der Waals surface area contributed by atoms with Gasteiger partial charge in [0.2, 0.25) is 0 Å². The second kappa shape index (κ2) is 6.96. The molecule has 0 saturated carbocycles. The highest BCUT2D eigenvalue weighted by molar-refractivity contribution is 8.76. The lowest BCUT2D eigenvalue weighted by molar-refractivity contribution is 1.45. The molecule has 0 aliphatic heterocycles. The van der Waals surface area contributed by atoms with Gasteiger partial charge in [-0.2, -0.15) is 0 Å². The molecule has 0 atom stereocenters. The van der Waals surface area contributed by atoms with Gasteiger partial charge in [-0.15, -0.1) is 25.3 Å². The van der Waals surface area contributed by atoms with Crippen LogP contribution in [0.25, 0.3) is 21.5 Å². The van der Waals surface area contributed by atoms with Crippen LogP contribution < -0.4 is 0 Å². The van der Waals surface area contributed by atoms with Crippen LogP contribution in [0.2, 0.25) is 0 Å². The maximum Gasteiger partial charge on any atom is 0.0275 e. The van der Waals surface area contributed by atoms with E-state index in [9.17, 15) is 0 Å². The molecule has 4 aromatic carbocycles. The Bertz CT molecular complexity index is 944. The van der Waals surface area contributed by atoms with Crippen LogP contribution in [-0.4, -0.2) is 0 Å². The van der Waals surface area contributed by atoms with Crippen LogP contribution in [0.4, 0.5) is 0 Å². The molecule has 4 heteroatoms. The van der Waals surface area contributed by atoms with E-state index in [2.05, 4.69) is 73.8 Å². The first-order valence-corrected chi connectivity index (χ1v) is 10.5. The summed E-state index contributed by atoms with van der Waals surface area (Å²) >= 11 is 9.28. The minimum atomic E-state index is 1.02. The van der Waals surface area contributed by atoms with E-state index in [0.29, 0.717) is 0 Å². The Morgan fingerprint density at radius 3 is 1.29 bits per heavy atom. The summed E-state index contributed by atoms with van der Waals surface area (Å²) in [7, 11) is 3.55. The molecule has 0 amide bonds. The lowest BCUT2D eigenvalue weighted by Gasteiger charge is -2.10. The smallest absolute Gasteiger partial charge is 0.0275 e. The lowest BCUT2D eigenvalue weighted by Crippen LogP contribution is -1.80. The Balaban J connectivity index is 1.74. The first kappa shape index (κ1) is 16.3. The average molecular weight is 383 g/mol. The molecule has 0 fully saturated rings. The monoisotopic (exact) mass is 382 g/mol. The molecule has 4 aromatic rings. The van der Waals surface area contributed by atoms with Crippen molar-refractivity contribution in [1.82, 2.24) is 0 Å². The van der Waals surface area contributed by atoms with E-state index >= 15 is 0 Å². The summed E-state index contributed by atoms with van der Waals surface area (Å²) in [6, 6.07) is 25.2. The van der Waals surface area contributed by atoms with Crippen molar-refractivity contribution in [2.75, 3.05) is 0 Å². The van der Waals surface area contributed by atoms with Gasteiger partial charge in [0.25, 0.3) is 0 Å². The summed E-state index contributed by atoms with van der Waals surface area (Å²) in [6.45, 7) is 0. The van der Waals surface area contributed by atoms with E-state index in [-0.39, 0.29) is 0 Å². The molecule has 24 heavy (non-hydrogen) atoms. The van der Waals surface area contributed by atoms with Gasteiger partial charge in [0, 0.05) is 30.4 Å². The van der Waals surface area contributed by atoms with Crippen LogP contribution in [0.3, 0.4) is 0 Å². The second-order valence-electron chi connectivity index (χ2n) is 5.43. The molecule has 0 saturated heterocycles. The van der Waals surface area contributed by atoms with Crippen molar-refractivity contribution in [3.8, 4) is 0 Å². The Labute approximate surface area is 160 Å². The molecule has 4 rings (SSSR count). The molecule has 0 spiro atoms. The van der Waals surface area contributed by atoms with Crippen molar-refractivity contribution in [3.05, 3.63) is 72.8 Å². The van der Waals surface area contributed by atoms with Crippen molar-refractivity contribution >= 4 is 68.4 Å². The fraction of sp³-hybridized carbons (Fsp3) is 0. The first-order chi connectivity index (χ1) is 11.7. The summed E-state index contributed by atoms with van der Waals surface area (Å²) in [6.07, 6.45) is 0. The van der Waals surface area contributed by atoms with Crippen LogP contribution in [-0.2, 0) is 0 Å². The third-order valence-corrected chi connectivity index (χ3v) is 7.11. The molecule has 0 bridgehead atoms. The van der Waals surface area contributed by atoms with Crippen molar-refractivity contribution < 1.29 is 0 Å². The van der Waals surface area contributed by atoms with Gasteiger partial charge >= 0.3 is 0 Å². The SMILES string of the molecule is Sc1cccc2cccc(SSc3cccc4cccc(S)c34)c12. The third-order valence-electron chi connectivity index (χ3n) is 3.91. The topological polar surface area (TPSA) is 0 Å². The highest BCUT2D eigenvalue weighted by Crippen LogP contribution is 2.45. The van der Waals surface area contributed by atoms with Crippen molar-refractivity contribution in [2.45, 2.75) is 19.6 Å². The van der Waals surface area contributed by atoms with Crippen molar-refractivity contribution in [3.63, 3.8) is 0 Å². The van der Waals surface area contributed by atoms with E-state index < -0.39 is 0 Å². The minimum Gasteiger partial charge on any atom is -0.143 e. The Morgan fingerprint density at radius 2 is 0.875 bits per heavy atom. The molecular weight excluding hydrogens is 368 g/mol. The van der Waals surface area contributed by atoms with Crippen LogP contribution in [0.5, 0.6) is 0 Å². The van der Waals surface area contributed by atoms with Crippen LogP contribution in [0.15, 0.2) is 92.4 Å². The predicted octanol–water partition coefficient (Wildman–Crippen LogP) is 7.37. The minimum absolute atomic E-state index is 1.02. The largest absolute Gasteiger partial charge is 0.143 e. The molecule has 0 nitrogen and oxygen atoms in total. The molecule has 0 heterocycles. The molecule has 0 aliphatic rings. The average Bonchev–Trinajstić information content (AvgIpc) is 2.60. The molecular formula is C20H14S4. The van der Waals surface area contributed by atoms with Gasteiger partial charge in [0.05, 0.1) is 0 Å². The Kier molecular flexibility index (Phi) is 4.72. The number of hydrogen-bond acceptors (Lipinski definition) is 4. The normalized spacial score (nSPS) is 11.2. The zero-order valence-electron chi connectivity index (χ0n) is 12.6. The quantitative estimate of drug-likeness (QED) is 0.280. The van der Waals surface area contributed by atoms with E-state index in [1.807, 2.05) is 24.3 Å². The maximum atomic E-state index is 4.64. The summed E-state index contributed by atoms with van der Waals surface area (Å²) in [5.41, 5.74) is 0. The van der Waals surface area contributed by atoms with Gasteiger partial charge in [-0.05, 0) is 35.0 Å². The van der Waals surface area contributed by atoms with Gasteiger partial charge in [-0.1, -0.05) is 70.1 Å². The highest BCUT2D eigenvalue weighted by Gasteiger charge is 2.09. The number of thiol groups is 2. The Morgan fingerprint density at radius 1 is 0.500 bits per heavy atom. The molecule has 0 unspecified atom stereocenters. The molecule has 0 aromatic heterocycles. The Hall–Kier alpha value is -1.20. The first-order valence-electron chi connectivity index (χ1n) is 7.50. The molecule has 0 radical (unpaired) electrons. The van der Waals surface area contributed by atoms with Gasteiger partial charge in [0.1, 0.15) is 0 Å². The zero-order valence-corrected chi connectivity index (χ0v) is 16.1. The van der Waals surface area contributed by atoms with Crippen molar-refractivity contribution in [1.29, 1.82) is 0 Å². The predicted molar refractivity (Wildman–Crippen MR) is 114 cm³/mol. The van der Waals surface area contributed by atoms with Gasteiger partial charge in [0.15, 0.2) is 0 Å². The summed E-state index contributed by atoms with van der Waals surface area (Å²) in [4.78, 5) is 4.50. The summed E-state index contributed by atoms with van der Waals surface area (Å²) in [5.74, 6) is 0. The fourth-order valence-corrected chi connectivity index (χ4v) is 6.07. The molecule has 118 valence electrons.